The van der Waals surface area contributed by atoms with E-state index in [0.717, 1.165) is 54.7 Å². The molecule has 0 saturated heterocycles. The van der Waals surface area contributed by atoms with E-state index in [-0.39, 0.29) is 5.82 Å². The van der Waals surface area contributed by atoms with Gasteiger partial charge in [-0.15, -0.1) is 0 Å². The maximum absolute atomic E-state index is 14.3. The van der Waals surface area contributed by atoms with Crippen LogP contribution in [-0.4, -0.2) is 33.1 Å². The quantitative estimate of drug-likeness (QED) is 0.0828. The molecular formula is C50H70ClFN4O2. The molecule has 0 amide bonds. The number of rotatable bonds is 20. The van der Waals surface area contributed by atoms with E-state index in [1.54, 1.807) is 6.07 Å². The first kappa shape index (κ1) is 45.5. The predicted molar refractivity (Wildman–Crippen MR) is 238 cm³/mol. The van der Waals surface area contributed by atoms with Crippen LogP contribution >= 0.6 is 11.6 Å². The van der Waals surface area contributed by atoms with Crippen LogP contribution in [0.5, 0.6) is 11.5 Å². The highest BCUT2D eigenvalue weighted by molar-refractivity contribution is 6.32. The highest BCUT2D eigenvalue weighted by Crippen LogP contribution is 2.39. The summed E-state index contributed by atoms with van der Waals surface area (Å²) in [7, 11) is 0. The lowest BCUT2D eigenvalue weighted by Crippen LogP contribution is -2.14. The van der Waals surface area contributed by atoms with E-state index < -0.39 is 0 Å². The lowest BCUT2D eigenvalue weighted by molar-refractivity contribution is 0.294. The zero-order valence-electron chi connectivity index (χ0n) is 36.0. The molecule has 2 aliphatic carbocycles. The minimum atomic E-state index is -0.354. The largest absolute Gasteiger partial charge is 0.492 e. The molecular weight excluding hydrogens is 743 g/mol. The Bertz CT molecular complexity index is 1760. The van der Waals surface area contributed by atoms with Crippen molar-refractivity contribution in [1.29, 1.82) is 0 Å². The van der Waals surface area contributed by atoms with Gasteiger partial charge in [0.15, 0.2) is 23.2 Å². The number of unbranched alkanes of at least 4 members (excludes halogenated alkanes) is 6. The molecule has 8 heteroatoms. The second-order valence-corrected chi connectivity index (χ2v) is 17.2. The number of nitrogens with zero attached hydrogens (tertiary/aromatic N) is 4. The first-order valence-electron chi connectivity index (χ1n) is 22.9. The number of ether oxygens (including phenoxy) is 2. The van der Waals surface area contributed by atoms with E-state index in [2.05, 4.69) is 48.7 Å². The molecule has 2 fully saturated rings. The van der Waals surface area contributed by atoms with E-state index in [1.165, 1.54) is 120 Å². The number of hydrogen-bond donors (Lipinski definition) is 0. The van der Waals surface area contributed by atoms with E-state index in [1.807, 2.05) is 42.9 Å². The van der Waals surface area contributed by atoms with Crippen LogP contribution < -0.4 is 9.47 Å². The van der Waals surface area contributed by atoms with Crippen molar-refractivity contribution in [3.8, 4) is 34.3 Å². The Kier molecular flexibility index (Phi) is 19.7. The third-order valence-corrected chi connectivity index (χ3v) is 12.6. The number of hydrogen-bond acceptors (Lipinski definition) is 6. The lowest BCUT2D eigenvalue weighted by Gasteiger charge is -2.28. The van der Waals surface area contributed by atoms with Crippen LogP contribution in [0.1, 0.15) is 179 Å². The van der Waals surface area contributed by atoms with Crippen molar-refractivity contribution in [3.63, 3.8) is 0 Å². The fourth-order valence-electron chi connectivity index (χ4n) is 8.50. The van der Waals surface area contributed by atoms with Gasteiger partial charge in [-0.2, -0.15) is 0 Å². The zero-order chi connectivity index (χ0) is 41.0. The Morgan fingerprint density at radius 3 is 1.67 bits per heavy atom. The maximum Gasteiger partial charge on any atom is 0.165 e. The van der Waals surface area contributed by atoms with Gasteiger partial charge in [-0.25, -0.2) is 24.3 Å². The first-order valence-corrected chi connectivity index (χ1v) is 23.3. The minimum Gasteiger partial charge on any atom is -0.492 e. The molecule has 0 N–H and O–H groups in total. The molecule has 4 aromatic rings. The topological polar surface area (TPSA) is 70.0 Å². The molecule has 0 bridgehead atoms. The molecule has 0 atom stereocenters. The molecule has 2 aromatic heterocycles. The third-order valence-electron chi connectivity index (χ3n) is 12.3. The third kappa shape index (κ3) is 14.3. The molecule has 6 rings (SSSR count). The summed E-state index contributed by atoms with van der Waals surface area (Å²) in [6.07, 6.45) is 31.1. The highest BCUT2D eigenvalue weighted by atomic mass is 35.5. The summed E-state index contributed by atoms with van der Waals surface area (Å²) in [5.41, 5.74) is 4.05. The smallest absolute Gasteiger partial charge is 0.165 e. The zero-order valence-corrected chi connectivity index (χ0v) is 36.8. The fraction of sp³-hybridized carbons (Fsp3) is 0.600. The van der Waals surface area contributed by atoms with E-state index in [4.69, 9.17) is 26.1 Å². The number of aromatic nitrogens is 4. The Labute approximate surface area is 354 Å². The van der Waals surface area contributed by atoms with Crippen molar-refractivity contribution >= 4 is 11.6 Å². The molecule has 316 valence electrons. The van der Waals surface area contributed by atoms with Crippen LogP contribution in [0, 0.1) is 17.7 Å². The fourth-order valence-corrected chi connectivity index (χ4v) is 8.74. The van der Waals surface area contributed by atoms with Crippen molar-refractivity contribution in [1.82, 2.24) is 19.9 Å². The minimum absolute atomic E-state index is 0.300. The summed E-state index contributed by atoms with van der Waals surface area (Å²) < 4.78 is 25.5. The molecule has 2 heterocycles. The summed E-state index contributed by atoms with van der Waals surface area (Å²) in [4.78, 5) is 18.5. The SMILES string of the molecule is CCCCCC1CCC(c2ccnc(-c3ccc(OCCCC)c(Cl)c3)n2)CC1.CCCCCC1CCC(c2cnc(-c3ccc(OCCCC)c(F)c3)nc2)CC1. The maximum atomic E-state index is 14.3. The Morgan fingerprint density at radius 1 is 0.586 bits per heavy atom. The average molecular weight is 814 g/mol. The summed E-state index contributed by atoms with van der Waals surface area (Å²) in [6, 6.07) is 12.9. The molecule has 6 nitrogen and oxygen atoms in total. The monoisotopic (exact) mass is 813 g/mol. The van der Waals surface area contributed by atoms with Crippen LogP contribution in [0.15, 0.2) is 61.1 Å². The molecule has 0 aliphatic heterocycles. The number of halogens is 2. The first-order chi connectivity index (χ1) is 28.4. The second-order valence-electron chi connectivity index (χ2n) is 16.8. The van der Waals surface area contributed by atoms with E-state index >= 15 is 0 Å². The summed E-state index contributed by atoms with van der Waals surface area (Å²) in [5, 5.41) is 0.625. The van der Waals surface area contributed by atoms with Gasteiger partial charge >= 0.3 is 0 Å². The van der Waals surface area contributed by atoms with Crippen LogP contribution in [0.3, 0.4) is 0 Å². The van der Waals surface area contributed by atoms with Crippen LogP contribution in [0.2, 0.25) is 5.02 Å². The van der Waals surface area contributed by atoms with Crippen molar-refractivity contribution in [2.45, 2.75) is 168 Å². The summed E-state index contributed by atoms with van der Waals surface area (Å²) >= 11 is 6.43. The molecule has 0 spiro atoms. The van der Waals surface area contributed by atoms with Gasteiger partial charge in [0.05, 0.1) is 18.2 Å². The van der Waals surface area contributed by atoms with E-state index in [0.29, 0.717) is 47.2 Å². The lowest BCUT2D eigenvalue weighted by atomic mass is 9.77. The van der Waals surface area contributed by atoms with Crippen LogP contribution in [0.25, 0.3) is 22.8 Å². The van der Waals surface area contributed by atoms with Gasteiger partial charge in [0, 0.05) is 41.3 Å². The van der Waals surface area contributed by atoms with Gasteiger partial charge in [0.25, 0.3) is 0 Å². The molecule has 58 heavy (non-hydrogen) atoms. The Morgan fingerprint density at radius 2 is 1.12 bits per heavy atom. The predicted octanol–water partition coefficient (Wildman–Crippen LogP) is 15.1. The Balaban J connectivity index is 0.000000221. The van der Waals surface area contributed by atoms with Gasteiger partial charge in [-0.1, -0.05) is 104 Å². The Hall–Kier alpha value is -3.58. The van der Waals surface area contributed by atoms with Crippen molar-refractivity contribution in [2.24, 2.45) is 11.8 Å². The molecule has 2 aromatic carbocycles. The summed E-state index contributed by atoms with van der Waals surface area (Å²) in [5.74, 6) is 4.96. The van der Waals surface area contributed by atoms with Gasteiger partial charge in [0.1, 0.15) is 5.75 Å². The highest BCUT2D eigenvalue weighted by Gasteiger charge is 2.24. The molecule has 0 radical (unpaired) electrons. The normalized spacial score (nSPS) is 19.3. The second kappa shape index (κ2) is 25.1. The van der Waals surface area contributed by atoms with Crippen molar-refractivity contribution in [3.05, 3.63) is 83.2 Å². The van der Waals surface area contributed by atoms with Gasteiger partial charge in [0.2, 0.25) is 0 Å². The van der Waals surface area contributed by atoms with E-state index in [9.17, 15) is 4.39 Å². The number of benzene rings is 2. The summed E-state index contributed by atoms with van der Waals surface area (Å²) in [6.45, 7) is 10.0. The van der Waals surface area contributed by atoms with Gasteiger partial charge < -0.3 is 9.47 Å². The molecule has 2 saturated carbocycles. The van der Waals surface area contributed by atoms with Crippen molar-refractivity contribution in [2.75, 3.05) is 13.2 Å². The molecule has 0 unspecified atom stereocenters. The average Bonchev–Trinajstić information content (AvgIpc) is 3.26. The van der Waals surface area contributed by atoms with Crippen LogP contribution in [-0.2, 0) is 0 Å². The van der Waals surface area contributed by atoms with Crippen molar-refractivity contribution < 1.29 is 13.9 Å². The van der Waals surface area contributed by atoms with Gasteiger partial charge in [-0.05, 0) is 130 Å². The van der Waals surface area contributed by atoms with Gasteiger partial charge in [-0.3, -0.25) is 0 Å². The van der Waals surface area contributed by atoms with Crippen LogP contribution in [0.4, 0.5) is 4.39 Å². The molecule has 2 aliphatic rings. The standard InChI is InChI=1S/C25H35ClN2O.C25H35FN2O/c1-3-5-7-8-19-9-11-20(12-10-19)23-15-16-27-25(28-23)21-13-14-24(22(26)18-21)29-17-6-4-2;1-3-5-7-8-19-9-11-20(12-10-19)22-17-27-25(28-18-22)21-13-14-24(23(26)16-21)29-15-6-4-2/h13-16,18-20H,3-12,17H2,1-2H3;13-14,16-20H,3-12,15H2,1-2H3.